The van der Waals surface area contributed by atoms with Gasteiger partial charge in [-0.25, -0.2) is 8.42 Å². The van der Waals surface area contributed by atoms with Gasteiger partial charge in [-0.15, -0.1) is 0 Å². The fourth-order valence-corrected chi connectivity index (χ4v) is 4.61. The summed E-state index contributed by atoms with van der Waals surface area (Å²) >= 11 is 0. The number of benzene rings is 4. The van der Waals surface area contributed by atoms with Crippen LogP contribution in [0, 0.1) is 6.92 Å². The molecule has 0 aliphatic carbocycles. The predicted octanol–water partition coefficient (Wildman–Crippen LogP) is 5.86. The first kappa shape index (κ1) is 20.8. The van der Waals surface area contributed by atoms with Gasteiger partial charge in [0.05, 0.1) is 10.9 Å². The van der Waals surface area contributed by atoms with Crippen molar-refractivity contribution in [2.45, 2.75) is 17.9 Å². The lowest BCUT2D eigenvalue weighted by Gasteiger charge is -2.21. The summed E-state index contributed by atoms with van der Waals surface area (Å²) < 4.78 is 35.1. The molecular weight excluding hydrogens is 406 g/mol. The lowest BCUT2D eigenvalue weighted by atomic mass is 9.96. The summed E-state index contributed by atoms with van der Waals surface area (Å²) in [6.07, 6.45) is 0. The number of nitrogens with one attached hydrogen (secondary N) is 1. The van der Waals surface area contributed by atoms with Gasteiger partial charge in [-0.05, 0) is 60.0 Å². The lowest BCUT2D eigenvalue weighted by Crippen LogP contribution is -2.30. The molecule has 0 bridgehead atoms. The molecule has 1 atom stereocenters. The highest BCUT2D eigenvalue weighted by molar-refractivity contribution is 7.89. The summed E-state index contributed by atoms with van der Waals surface area (Å²) in [4.78, 5) is 0.183. The molecule has 0 aliphatic heterocycles. The van der Waals surface area contributed by atoms with Crippen LogP contribution in [0.1, 0.15) is 22.7 Å². The summed E-state index contributed by atoms with van der Waals surface area (Å²) in [5, 5.41) is 0. The van der Waals surface area contributed by atoms with Gasteiger partial charge in [-0.1, -0.05) is 72.8 Å². The number of rotatable bonds is 7. The van der Waals surface area contributed by atoms with E-state index in [4.69, 9.17) is 4.74 Å². The van der Waals surface area contributed by atoms with Crippen LogP contribution in [0.5, 0.6) is 11.5 Å². The Morgan fingerprint density at radius 1 is 0.677 bits per heavy atom. The van der Waals surface area contributed by atoms with Crippen LogP contribution in [0.25, 0.3) is 0 Å². The highest BCUT2D eigenvalue weighted by Gasteiger charge is 2.24. The quantitative estimate of drug-likeness (QED) is 0.401. The Balaban J connectivity index is 1.61. The average molecular weight is 430 g/mol. The first-order valence-electron chi connectivity index (χ1n) is 9.99. The lowest BCUT2D eigenvalue weighted by molar-refractivity contribution is 0.482. The van der Waals surface area contributed by atoms with Gasteiger partial charge in [0.2, 0.25) is 10.0 Å². The fraction of sp³-hybridized carbons (Fsp3) is 0.0769. The number of aryl methyl sites for hydroxylation is 1. The van der Waals surface area contributed by atoms with Crippen LogP contribution in [-0.2, 0) is 10.0 Å². The van der Waals surface area contributed by atoms with Crippen LogP contribution in [0.4, 0.5) is 0 Å². The van der Waals surface area contributed by atoms with Crippen LogP contribution in [0.15, 0.2) is 114 Å². The molecule has 0 radical (unpaired) electrons. The molecule has 0 saturated carbocycles. The van der Waals surface area contributed by atoms with Gasteiger partial charge in [0, 0.05) is 0 Å². The third-order valence-corrected chi connectivity index (χ3v) is 6.46. The Morgan fingerprint density at radius 3 is 1.87 bits per heavy atom. The Morgan fingerprint density at radius 2 is 1.23 bits per heavy atom. The van der Waals surface area contributed by atoms with Crippen molar-refractivity contribution >= 4 is 10.0 Å². The van der Waals surface area contributed by atoms with E-state index in [9.17, 15) is 8.42 Å². The molecule has 0 heterocycles. The van der Waals surface area contributed by atoms with Crippen molar-refractivity contribution in [1.82, 2.24) is 4.72 Å². The normalized spacial score (nSPS) is 12.3. The Labute approximate surface area is 183 Å². The number of sulfonamides is 1. The Hall–Kier alpha value is -3.41. The number of para-hydroxylation sites is 1. The van der Waals surface area contributed by atoms with E-state index in [0.29, 0.717) is 11.5 Å². The molecule has 4 nitrogen and oxygen atoms in total. The molecule has 0 unspecified atom stereocenters. The predicted molar refractivity (Wildman–Crippen MR) is 123 cm³/mol. The maximum Gasteiger partial charge on any atom is 0.241 e. The largest absolute Gasteiger partial charge is 0.457 e. The smallest absolute Gasteiger partial charge is 0.241 e. The molecular formula is C26H23NO3S. The van der Waals surface area contributed by atoms with Crippen molar-refractivity contribution in [2.75, 3.05) is 0 Å². The van der Waals surface area contributed by atoms with Crippen molar-refractivity contribution in [3.05, 3.63) is 126 Å². The minimum absolute atomic E-state index is 0.183. The molecule has 5 heteroatoms. The van der Waals surface area contributed by atoms with E-state index in [1.165, 1.54) is 0 Å². The van der Waals surface area contributed by atoms with Crippen LogP contribution in [0.3, 0.4) is 0 Å². The van der Waals surface area contributed by atoms with Crippen molar-refractivity contribution in [3.8, 4) is 11.5 Å². The maximum absolute atomic E-state index is 13.2. The van der Waals surface area contributed by atoms with Crippen molar-refractivity contribution in [3.63, 3.8) is 0 Å². The summed E-state index contributed by atoms with van der Waals surface area (Å²) in [7, 11) is -3.77. The van der Waals surface area contributed by atoms with E-state index in [1.807, 2.05) is 91.9 Å². The molecule has 4 aromatic carbocycles. The molecule has 1 N–H and O–H groups in total. The topological polar surface area (TPSA) is 55.4 Å². The van der Waals surface area contributed by atoms with E-state index < -0.39 is 16.1 Å². The molecule has 156 valence electrons. The van der Waals surface area contributed by atoms with Crippen LogP contribution >= 0.6 is 0 Å². The zero-order valence-corrected chi connectivity index (χ0v) is 17.9. The van der Waals surface area contributed by atoms with Gasteiger partial charge >= 0.3 is 0 Å². The van der Waals surface area contributed by atoms with Crippen molar-refractivity contribution in [1.29, 1.82) is 0 Å². The van der Waals surface area contributed by atoms with Crippen molar-refractivity contribution in [2.24, 2.45) is 0 Å². The molecule has 4 aromatic rings. The second-order valence-corrected chi connectivity index (χ2v) is 8.92. The van der Waals surface area contributed by atoms with Crippen molar-refractivity contribution < 1.29 is 13.2 Å². The first-order chi connectivity index (χ1) is 15.0. The van der Waals surface area contributed by atoms with Gasteiger partial charge in [-0.2, -0.15) is 4.72 Å². The van der Waals surface area contributed by atoms with Gasteiger partial charge < -0.3 is 4.74 Å². The zero-order chi connectivity index (χ0) is 21.7. The zero-order valence-electron chi connectivity index (χ0n) is 17.1. The number of ether oxygens (including phenoxy) is 1. The van der Waals surface area contributed by atoms with Gasteiger partial charge in [0.1, 0.15) is 11.5 Å². The fourth-order valence-electron chi connectivity index (χ4n) is 3.40. The first-order valence-corrected chi connectivity index (χ1v) is 11.5. The van der Waals surface area contributed by atoms with E-state index in [2.05, 4.69) is 4.72 Å². The van der Waals surface area contributed by atoms with Gasteiger partial charge in [0.15, 0.2) is 0 Å². The molecule has 0 saturated heterocycles. The SMILES string of the molecule is Cc1ccccc1[C@@H](NS(=O)(=O)c1ccc(Oc2ccccc2)cc1)c1ccccc1. The van der Waals surface area contributed by atoms with E-state index in [-0.39, 0.29) is 4.90 Å². The average Bonchev–Trinajstić information content (AvgIpc) is 2.80. The summed E-state index contributed by atoms with van der Waals surface area (Å²) in [6, 6.07) is 32.7. The summed E-state index contributed by atoms with van der Waals surface area (Å²) in [6.45, 7) is 1.98. The van der Waals surface area contributed by atoms with E-state index >= 15 is 0 Å². The second-order valence-electron chi connectivity index (χ2n) is 7.21. The van der Waals surface area contributed by atoms with E-state index in [1.54, 1.807) is 24.3 Å². The Bertz CT molecular complexity index is 1240. The van der Waals surface area contributed by atoms with Crippen LogP contribution in [0.2, 0.25) is 0 Å². The minimum Gasteiger partial charge on any atom is -0.457 e. The monoisotopic (exact) mass is 429 g/mol. The summed E-state index contributed by atoms with van der Waals surface area (Å²) in [5.41, 5.74) is 2.82. The minimum atomic E-state index is -3.77. The number of hydrogen-bond donors (Lipinski definition) is 1. The molecule has 0 fully saturated rings. The Kier molecular flexibility index (Phi) is 6.16. The van der Waals surface area contributed by atoms with Gasteiger partial charge in [-0.3, -0.25) is 0 Å². The maximum atomic E-state index is 13.2. The van der Waals surface area contributed by atoms with E-state index in [0.717, 1.165) is 16.7 Å². The molecule has 0 aliphatic rings. The molecule has 4 rings (SSSR count). The number of hydrogen-bond acceptors (Lipinski definition) is 3. The van der Waals surface area contributed by atoms with Gasteiger partial charge in [0.25, 0.3) is 0 Å². The third kappa shape index (κ3) is 5.02. The second kappa shape index (κ2) is 9.16. The third-order valence-electron chi connectivity index (χ3n) is 5.02. The van der Waals surface area contributed by atoms with Crippen LogP contribution < -0.4 is 9.46 Å². The highest BCUT2D eigenvalue weighted by atomic mass is 32.2. The molecule has 0 amide bonds. The molecule has 31 heavy (non-hydrogen) atoms. The van der Waals surface area contributed by atoms with Crippen LogP contribution in [-0.4, -0.2) is 8.42 Å². The molecule has 0 aromatic heterocycles. The summed E-state index contributed by atoms with van der Waals surface area (Å²) in [5.74, 6) is 1.27. The standard InChI is InChI=1S/C26H23NO3S/c1-20-10-8-9-15-25(20)26(21-11-4-2-5-12-21)27-31(28,29)24-18-16-23(17-19-24)30-22-13-6-3-7-14-22/h2-19,26-27H,1H3/t26-/m0/s1. The highest BCUT2D eigenvalue weighted by Crippen LogP contribution is 2.28. The molecule has 0 spiro atoms.